The Labute approximate surface area is 208 Å². The lowest BCUT2D eigenvalue weighted by Crippen LogP contribution is -2.26. The molecule has 176 valence electrons. The Morgan fingerprint density at radius 3 is 2.54 bits per heavy atom. The number of pyridine rings is 1. The minimum Gasteiger partial charge on any atom is -0.326 e. The van der Waals surface area contributed by atoms with Crippen LogP contribution in [0.5, 0.6) is 0 Å². The third-order valence-corrected chi connectivity index (χ3v) is 5.75. The average molecular weight is 487 g/mol. The molecule has 0 saturated heterocycles. The van der Waals surface area contributed by atoms with Crippen molar-refractivity contribution in [3.05, 3.63) is 90.8 Å². The quantitative estimate of drug-likeness (QED) is 0.378. The van der Waals surface area contributed by atoms with Crippen LogP contribution in [0.2, 0.25) is 0 Å². The maximum absolute atomic E-state index is 13.0. The molecule has 5 rings (SSSR count). The number of carbonyl (C=O) groups is 3. The van der Waals surface area contributed by atoms with Gasteiger partial charge in [0.2, 0.25) is 17.7 Å². The summed E-state index contributed by atoms with van der Waals surface area (Å²) in [5.74, 6) is -0.767. The Morgan fingerprint density at radius 1 is 0.971 bits per heavy atom. The van der Waals surface area contributed by atoms with Crippen molar-refractivity contribution in [3.63, 3.8) is 0 Å². The van der Waals surface area contributed by atoms with Gasteiger partial charge in [-0.15, -0.1) is 12.4 Å². The van der Waals surface area contributed by atoms with E-state index in [0.717, 1.165) is 16.3 Å². The molecule has 4 aromatic rings. The van der Waals surface area contributed by atoms with E-state index in [1.165, 1.54) is 0 Å². The number of anilines is 4. The van der Waals surface area contributed by atoms with Crippen LogP contribution in [0.3, 0.4) is 0 Å². The molecule has 0 aliphatic carbocycles. The molecule has 0 unspecified atom stereocenters. The largest absolute Gasteiger partial charge is 0.326 e. The molecule has 7 nitrogen and oxygen atoms in total. The van der Waals surface area contributed by atoms with Gasteiger partial charge in [0.1, 0.15) is 6.42 Å². The zero-order valence-electron chi connectivity index (χ0n) is 18.7. The van der Waals surface area contributed by atoms with Gasteiger partial charge < -0.3 is 10.6 Å². The molecule has 0 fully saturated rings. The summed E-state index contributed by atoms with van der Waals surface area (Å²) >= 11 is 0. The number of amides is 3. The summed E-state index contributed by atoms with van der Waals surface area (Å²) in [5.41, 5.74) is 3.48. The predicted octanol–water partition coefficient (Wildman–Crippen LogP) is 5.23. The van der Waals surface area contributed by atoms with Gasteiger partial charge in [0.25, 0.3) is 0 Å². The van der Waals surface area contributed by atoms with Crippen molar-refractivity contribution in [2.24, 2.45) is 0 Å². The van der Waals surface area contributed by atoms with Crippen LogP contribution in [0.15, 0.2) is 85.2 Å². The molecule has 0 saturated carbocycles. The molecular weight excluding hydrogens is 464 g/mol. The van der Waals surface area contributed by atoms with Gasteiger partial charge in [-0.3, -0.25) is 24.3 Å². The summed E-state index contributed by atoms with van der Waals surface area (Å²) < 4.78 is 0. The lowest BCUT2D eigenvalue weighted by Gasteiger charge is -2.23. The van der Waals surface area contributed by atoms with E-state index < -0.39 is 0 Å². The van der Waals surface area contributed by atoms with Gasteiger partial charge in [-0.25, -0.2) is 0 Å². The first-order valence-corrected chi connectivity index (χ1v) is 11.0. The van der Waals surface area contributed by atoms with Crippen molar-refractivity contribution < 1.29 is 14.4 Å². The maximum Gasteiger partial charge on any atom is 0.241 e. The van der Waals surface area contributed by atoms with Gasteiger partial charge in [-0.05, 0) is 53.8 Å². The lowest BCUT2D eigenvalue weighted by atomic mass is 10.1. The molecule has 8 heteroatoms. The normalized spacial score (nSPS) is 12.9. The highest BCUT2D eigenvalue weighted by Crippen LogP contribution is 2.40. The Balaban J connectivity index is 0.00000289. The number of hydrogen-bond donors (Lipinski definition) is 2. The summed E-state index contributed by atoms with van der Waals surface area (Å²) in [7, 11) is 0. The number of aryl methyl sites for hydroxylation is 1. The van der Waals surface area contributed by atoms with Gasteiger partial charge in [0.15, 0.2) is 0 Å². The molecule has 0 atom stereocenters. The van der Waals surface area contributed by atoms with Gasteiger partial charge in [0, 0.05) is 35.6 Å². The second kappa shape index (κ2) is 10.4. The Kier molecular flexibility index (Phi) is 7.08. The fraction of sp³-hybridized carbons (Fsp3) is 0.111. The van der Waals surface area contributed by atoms with Crippen LogP contribution in [-0.4, -0.2) is 22.7 Å². The van der Waals surface area contributed by atoms with Crippen molar-refractivity contribution in [1.82, 2.24) is 4.98 Å². The minimum atomic E-state index is -0.345. The van der Waals surface area contributed by atoms with Crippen molar-refractivity contribution in [2.45, 2.75) is 19.3 Å². The van der Waals surface area contributed by atoms with E-state index in [9.17, 15) is 14.4 Å². The number of rotatable bonds is 5. The first-order valence-electron chi connectivity index (χ1n) is 11.0. The topological polar surface area (TPSA) is 91.4 Å². The number of nitrogens with zero attached hydrogens (tertiary/aromatic N) is 2. The Hall–Kier alpha value is -4.23. The number of hydrogen-bond acceptors (Lipinski definition) is 4. The van der Waals surface area contributed by atoms with E-state index in [1.54, 1.807) is 41.6 Å². The van der Waals surface area contributed by atoms with E-state index in [0.29, 0.717) is 35.6 Å². The SMILES string of the molecule is Cl.O=C(CCc1cccnc1)Nc1ccc(N2C(=O)CC(=O)Nc3c2ccc2ccccc32)cc1. The highest BCUT2D eigenvalue weighted by atomic mass is 35.5. The zero-order valence-corrected chi connectivity index (χ0v) is 19.5. The summed E-state index contributed by atoms with van der Waals surface area (Å²) in [6.07, 6.45) is 4.14. The third-order valence-electron chi connectivity index (χ3n) is 5.75. The number of benzene rings is 3. The Morgan fingerprint density at radius 2 is 1.77 bits per heavy atom. The van der Waals surface area contributed by atoms with Crippen LogP contribution in [-0.2, 0) is 20.8 Å². The highest BCUT2D eigenvalue weighted by Gasteiger charge is 2.28. The van der Waals surface area contributed by atoms with E-state index in [1.807, 2.05) is 48.5 Å². The molecule has 35 heavy (non-hydrogen) atoms. The minimum absolute atomic E-state index is 0. The van der Waals surface area contributed by atoms with Crippen molar-refractivity contribution in [1.29, 1.82) is 0 Å². The summed E-state index contributed by atoms with van der Waals surface area (Å²) in [5, 5.41) is 7.62. The number of nitrogens with one attached hydrogen (secondary N) is 2. The van der Waals surface area contributed by atoms with E-state index in [4.69, 9.17) is 0 Å². The maximum atomic E-state index is 13.0. The third kappa shape index (κ3) is 5.15. The monoisotopic (exact) mass is 486 g/mol. The Bertz CT molecular complexity index is 1390. The van der Waals surface area contributed by atoms with Crippen LogP contribution in [0.1, 0.15) is 18.4 Å². The van der Waals surface area contributed by atoms with Gasteiger partial charge in [-0.1, -0.05) is 36.4 Å². The molecule has 2 heterocycles. The molecular formula is C27H23ClN4O3. The van der Waals surface area contributed by atoms with E-state index >= 15 is 0 Å². The van der Waals surface area contributed by atoms with Gasteiger partial charge in [-0.2, -0.15) is 0 Å². The summed E-state index contributed by atoms with van der Waals surface area (Å²) in [4.78, 5) is 43.4. The van der Waals surface area contributed by atoms with E-state index in [-0.39, 0.29) is 36.5 Å². The predicted molar refractivity (Wildman–Crippen MR) is 139 cm³/mol. The van der Waals surface area contributed by atoms with Crippen LogP contribution >= 0.6 is 12.4 Å². The summed E-state index contributed by atoms with van der Waals surface area (Å²) in [6.45, 7) is 0. The molecule has 0 spiro atoms. The molecule has 3 amide bonds. The number of fused-ring (bicyclic) bond motifs is 3. The van der Waals surface area contributed by atoms with Crippen LogP contribution in [0, 0.1) is 0 Å². The second-order valence-electron chi connectivity index (χ2n) is 8.09. The van der Waals surface area contributed by atoms with Gasteiger partial charge >= 0.3 is 0 Å². The molecule has 1 aromatic heterocycles. The fourth-order valence-corrected chi connectivity index (χ4v) is 4.12. The molecule has 0 bridgehead atoms. The van der Waals surface area contributed by atoms with Crippen LogP contribution < -0.4 is 15.5 Å². The zero-order chi connectivity index (χ0) is 23.5. The average Bonchev–Trinajstić information content (AvgIpc) is 2.98. The highest BCUT2D eigenvalue weighted by molar-refractivity contribution is 6.21. The number of carbonyl (C=O) groups excluding carboxylic acids is 3. The molecule has 2 N–H and O–H groups in total. The molecule has 0 radical (unpaired) electrons. The second-order valence-corrected chi connectivity index (χ2v) is 8.09. The first kappa shape index (κ1) is 23.9. The van der Waals surface area contributed by atoms with Gasteiger partial charge in [0.05, 0.1) is 11.4 Å². The first-order chi connectivity index (χ1) is 16.6. The fourth-order valence-electron chi connectivity index (χ4n) is 4.12. The van der Waals surface area contributed by atoms with Crippen molar-refractivity contribution in [3.8, 4) is 0 Å². The molecule has 1 aliphatic heterocycles. The van der Waals surface area contributed by atoms with Crippen molar-refractivity contribution in [2.75, 3.05) is 15.5 Å². The van der Waals surface area contributed by atoms with E-state index in [2.05, 4.69) is 15.6 Å². The van der Waals surface area contributed by atoms with Crippen LogP contribution in [0.25, 0.3) is 10.8 Å². The van der Waals surface area contributed by atoms with Crippen LogP contribution in [0.4, 0.5) is 22.7 Å². The molecule has 3 aromatic carbocycles. The van der Waals surface area contributed by atoms with Crippen molar-refractivity contribution >= 4 is 63.7 Å². The number of aromatic nitrogens is 1. The smallest absolute Gasteiger partial charge is 0.241 e. The number of halogens is 1. The molecule has 1 aliphatic rings. The lowest BCUT2D eigenvalue weighted by molar-refractivity contribution is -0.124. The summed E-state index contributed by atoms with van der Waals surface area (Å²) in [6, 6.07) is 22.3. The standard InChI is InChI=1S/C27H22N4O3.ClH/c32-24(14-7-18-4-3-15-28-17-18)29-20-9-11-21(12-10-20)31-23-13-8-19-5-1-2-6-22(19)27(23)30-25(33)16-26(31)34;/h1-6,8-13,15,17H,7,14,16H2,(H,29,32)(H,30,33);1H.